The Morgan fingerprint density at radius 2 is 0.485 bits per heavy atom. The van der Waals surface area contributed by atoms with E-state index in [0.29, 0.717) is 0 Å². The molecule has 1 aromatic heterocycles. The zero-order valence-corrected chi connectivity index (χ0v) is 37.5. The quantitative estimate of drug-likeness (QED) is 0.133. The molecule has 12 aromatic rings. The maximum Gasteiger partial charge on any atom is 0.0541 e. The van der Waals surface area contributed by atoms with Crippen molar-refractivity contribution in [3.05, 3.63) is 279 Å². The van der Waals surface area contributed by atoms with E-state index in [9.17, 15) is 0 Å². The summed E-state index contributed by atoms with van der Waals surface area (Å²) in [6.45, 7) is 0. The van der Waals surface area contributed by atoms with Crippen molar-refractivity contribution in [2.75, 3.05) is 4.90 Å². The van der Waals surface area contributed by atoms with Gasteiger partial charge in [-0.15, -0.1) is 0 Å². The van der Waals surface area contributed by atoms with Crippen LogP contribution in [0, 0.1) is 0 Å². The van der Waals surface area contributed by atoms with E-state index in [4.69, 9.17) is 0 Å². The highest BCUT2D eigenvalue weighted by atomic mass is 15.1. The van der Waals surface area contributed by atoms with Crippen molar-refractivity contribution < 1.29 is 0 Å². The molecule has 320 valence electrons. The SMILES string of the molecule is c1ccc(-c2ccc(N(c3ccc(-c4ccccc4)cc3)c3ccc(-c4ccc(-c5ccc(-c6ccc(-c7ccc8c(c7)c7ccccc7n8-c7ccccc7)cc6)cc5)cc4)cc3)cc2)cc1. The van der Waals surface area contributed by atoms with E-state index >= 15 is 0 Å². The van der Waals surface area contributed by atoms with Crippen molar-refractivity contribution in [3.63, 3.8) is 0 Å². The van der Waals surface area contributed by atoms with Crippen LogP contribution in [0.1, 0.15) is 0 Å². The van der Waals surface area contributed by atoms with Gasteiger partial charge in [0, 0.05) is 33.5 Å². The van der Waals surface area contributed by atoms with Crippen LogP contribution in [0.15, 0.2) is 279 Å². The molecule has 68 heavy (non-hydrogen) atoms. The van der Waals surface area contributed by atoms with E-state index < -0.39 is 0 Å². The highest BCUT2D eigenvalue weighted by Gasteiger charge is 2.16. The fourth-order valence-electron chi connectivity index (χ4n) is 9.69. The molecule has 11 aromatic carbocycles. The minimum Gasteiger partial charge on any atom is -0.311 e. The number of anilines is 3. The van der Waals surface area contributed by atoms with Crippen molar-refractivity contribution in [2.45, 2.75) is 0 Å². The fourth-order valence-corrected chi connectivity index (χ4v) is 9.69. The number of benzene rings is 11. The summed E-state index contributed by atoms with van der Waals surface area (Å²) in [5.74, 6) is 0. The first kappa shape index (κ1) is 40.5. The summed E-state index contributed by atoms with van der Waals surface area (Å²) in [5, 5.41) is 2.53. The summed E-state index contributed by atoms with van der Waals surface area (Å²) in [6, 6.07) is 101. The number of hydrogen-bond donors (Lipinski definition) is 0. The average molecular weight is 867 g/mol. The molecule has 2 nitrogen and oxygen atoms in total. The molecule has 0 aliphatic heterocycles. The van der Waals surface area contributed by atoms with Gasteiger partial charge >= 0.3 is 0 Å². The molecule has 0 fully saturated rings. The number of rotatable bonds is 10. The first-order valence-corrected chi connectivity index (χ1v) is 23.3. The Bertz CT molecular complexity index is 3550. The third-order valence-corrected chi connectivity index (χ3v) is 13.3. The molecule has 12 rings (SSSR count). The molecule has 0 amide bonds. The van der Waals surface area contributed by atoms with Crippen LogP contribution in [0.25, 0.3) is 94.3 Å². The molecule has 0 spiro atoms. The molecule has 2 heteroatoms. The molecule has 0 aliphatic carbocycles. The Hall–Kier alpha value is -8.98. The Morgan fingerprint density at radius 3 is 0.882 bits per heavy atom. The normalized spacial score (nSPS) is 11.2. The van der Waals surface area contributed by atoms with Crippen LogP contribution in [-0.4, -0.2) is 4.57 Å². The number of fused-ring (bicyclic) bond motifs is 3. The van der Waals surface area contributed by atoms with E-state index in [0.717, 1.165) is 17.1 Å². The van der Waals surface area contributed by atoms with Crippen LogP contribution in [0.3, 0.4) is 0 Å². The predicted molar refractivity (Wildman–Crippen MR) is 288 cm³/mol. The van der Waals surface area contributed by atoms with Crippen molar-refractivity contribution in [1.82, 2.24) is 4.57 Å². The molecule has 0 N–H and O–H groups in total. The molecular formula is C66H46N2. The van der Waals surface area contributed by atoms with Gasteiger partial charge in [-0.25, -0.2) is 0 Å². The number of para-hydroxylation sites is 2. The Kier molecular flexibility index (Phi) is 10.6. The number of hydrogen-bond acceptors (Lipinski definition) is 1. The van der Waals surface area contributed by atoms with E-state index in [2.05, 4.69) is 289 Å². The van der Waals surface area contributed by atoms with Gasteiger partial charge in [0.2, 0.25) is 0 Å². The third kappa shape index (κ3) is 7.85. The number of nitrogens with zero attached hydrogens (tertiary/aromatic N) is 2. The Balaban J connectivity index is 0.763. The zero-order chi connectivity index (χ0) is 45.2. The van der Waals surface area contributed by atoms with Crippen LogP contribution in [0.2, 0.25) is 0 Å². The lowest BCUT2D eigenvalue weighted by Gasteiger charge is -2.26. The van der Waals surface area contributed by atoms with Crippen LogP contribution in [-0.2, 0) is 0 Å². The molecule has 0 saturated heterocycles. The second-order valence-electron chi connectivity index (χ2n) is 17.4. The monoisotopic (exact) mass is 866 g/mol. The maximum absolute atomic E-state index is 2.36. The largest absolute Gasteiger partial charge is 0.311 e. The summed E-state index contributed by atoms with van der Waals surface area (Å²) in [7, 11) is 0. The minimum absolute atomic E-state index is 1.10. The van der Waals surface area contributed by atoms with Gasteiger partial charge in [-0.2, -0.15) is 0 Å². The highest BCUT2D eigenvalue weighted by molar-refractivity contribution is 6.10. The highest BCUT2D eigenvalue weighted by Crippen LogP contribution is 2.39. The van der Waals surface area contributed by atoms with E-state index in [1.807, 2.05) is 0 Å². The van der Waals surface area contributed by atoms with Gasteiger partial charge in [-0.3, -0.25) is 0 Å². The lowest BCUT2D eigenvalue weighted by atomic mass is 9.96. The molecule has 0 radical (unpaired) electrons. The lowest BCUT2D eigenvalue weighted by Crippen LogP contribution is -2.09. The first-order chi connectivity index (χ1) is 33.7. The molecular weight excluding hydrogens is 821 g/mol. The Labute approximate surface area is 397 Å². The van der Waals surface area contributed by atoms with Crippen molar-refractivity contribution >= 4 is 38.9 Å². The smallest absolute Gasteiger partial charge is 0.0541 e. The molecule has 0 unspecified atom stereocenters. The summed E-state index contributed by atoms with van der Waals surface area (Å²) in [5.41, 5.74) is 21.3. The fraction of sp³-hybridized carbons (Fsp3) is 0. The molecule has 1 heterocycles. The van der Waals surface area contributed by atoms with Crippen molar-refractivity contribution in [3.8, 4) is 72.4 Å². The van der Waals surface area contributed by atoms with Crippen LogP contribution >= 0.6 is 0 Å². The van der Waals surface area contributed by atoms with Crippen LogP contribution < -0.4 is 4.90 Å². The number of aromatic nitrogens is 1. The average Bonchev–Trinajstić information content (AvgIpc) is 3.76. The van der Waals surface area contributed by atoms with Crippen LogP contribution in [0.4, 0.5) is 17.1 Å². The Morgan fingerprint density at radius 1 is 0.206 bits per heavy atom. The van der Waals surface area contributed by atoms with Gasteiger partial charge in [0.1, 0.15) is 0 Å². The van der Waals surface area contributed by atoms with Gasteiger partial charge in [-0.05, 0) is 133 Å². The topological polar surface area (TPSA) is 8.17 Å². The summed E-state index contributed by atoms with van der Waals surface area (Å²) >= 11 is 0. The van der Waals surface area contributed by atoms with E-state index in [-0.39, 0.29) is 0 Å². The van der Waals surface area contributed by atoms with E-state index in [1.165, 1.54) is 94.3 Å². The van der Waals surface area contributed by atoms with Gasteiger partial charge < -0.3 is 9.47 Å². The molecule has 0 atom stereocenters. The van der Waals surface area contributed by atoms with Gasteiger partial charge in [-0.1, -0.05) is 212 Å². The van der Waals surface area contributed by atoms with Gasteiger partial charge in [0.15, 0.2) is 0 Å². The van der Waals surface area contributed by atoms with Crippen molar-refractivity contribution in [1.29, 1.82) is 0 Å². The van der Waals surface area contributed by atoms with Crippen molar-refractivity contribution in [2.24, 2.45) is 0 Å². The van der Waals surface area contributed by atoms with Gasteiger partial charge in [0.05, 0.1) is 11.0 Å². The predicted octanol–water partition coefficient (Wildman–Crippen LogP) is 18.3. The summed E-state index contributed by atoms with van der Waals surface area (Å²) in [4.78, 5) is 2.33. The maximum atomic E-state index is 2.36. The van der Waals surface area contributed by atoms with E-state index in [1.54, 1.807) is 0 Å². The van der Waals surface area contributed by atoms with Gasteiger partial charge in [0.25, 0.3) is 0 Å². The molecule has 0 saturated carbocycles. The minimum atomic E-state index is 1.10. The standard InChI is InChI=1S/C66H46N2/c1-4-12-47(13-5-1)54-32-39-60(40-33-54)67(61-41-34-55(35-42-61)48-14-6-2-7-15-48)62-43-36-56(37-44-62)53-26-24-50(25-27-53)49-20-22-51(23-21-49)52-28-30-57(31-29-52)58-38-45-66-64(46-58)63-18-10-11-19-65(63)68(66)59-16-8-3-9-17-59/h1-46H. The summed E-state index contributed by atoms with van der Waals surface area (Å²) in [6.07, 6.45) is 0. The summed E-state index contributed by atoms with van der Waals surface area (Å²) < 4.78 is 2.36. The first-order valence-electron chi connectivity index (χ1n) is 23.3. The lowest BCUT2D eigenvalue weighted by molar-refractivity contribution is 1.18. The zero-order valence-electron chi connectivity index (χ0n) is 37.5. The second kappa shape index (κ2) is 17.8. The third-order valence-electron chi connectivity index (χ3n) is 13.3. The van der Waals surface area contributed by atoms with Crippen LogP contribution in [0.5, 0.6) is 0 Å². The molecule has 0 aliphatic rings. The molecule has 0 bridgehead atoms. The second-order valence-corrected chi connectivity index (χ2v) is 17.4.